The van der Waals surface area contributed by atoms with Gasteiger partial charge in [-0.2, -0.15) is 0 Å². The van der Waals surface area contributed by atoms with Crippen molar-refractivity contribution in [2.24, 2.45) is 5.41 Å². The van der Waals surface area contributed by atoms with Crippen LogP contribution >= 0.6 is 27.5 Å². The molecule has 1 aromatic rings. The number of methoxy groups -OCH3 is 1. The smallest absolute Gasteiger partial charge is 0.255 e. The highest BCUT2D eigenvalue weighted by Gasteiger charge is 2.20. The third-order valence-electron chi connectivity index (χ3n) is 2.90. The van der Waals surface area contributed by atoms with Gasteiger partial charge in [0.15, 0.2) is 0 Å². The first-order valence-corrected chi connectivity index (χ1v) is 7.57. The van der Waals surface area contributed by atoms with E-state index < -0.39 is 0 Å². The van der Waals surface area contributed by atoms with Crippen LogP contribution in [0.15, 0.2) is 18.2 Å². The van der Waals surface area contributed by atoms with Crippen LogP contribution < -0.4 is 10.1 Å². The molecule has 1 amide bonds. The molecule has 0 saturated carbocycles. The second kappa shape index (κ2) is 7.15. The van der Waals surface area contributed by atoms with Crippen LogP contribution in [0.1, 0.15) is 30.6 Å². The molecule has 106 valence electrons. The number of rotatable bonds is 6. The maximum Gasteiger partial charge on any atom is 0.255 e. The summed E-state index contributed by atoms with van der Waals surface area (Å²) in [4.78, 5) is 12.2. The Morgan fingerprint density at radius 2 is 2.16 bits per heavy atom. The van der Waals surface area contributed by atoms with Gasteiger partial charge in [0.05, 0.1) is 12.7 Å². The van der Waals surface area contributed by atoms with Gasteiger partial charge in [-0.05, 0) is 30.0 Å². The van der Waals surface area contributed by atoms with E-state index in [1.165, 1.54) is 7.11 Å². The molecule has 5 heteroatoms. The molecule has 0 heterocycles. The predicted molar refractivity (Wildman–Crippen MR) is 82.5 cm³/mol. The minimum Gasteiger partial charge on any atom is -0.496 e. The lowest BCUT2D eigenvalue weighted by atomic mass is 9.90. The van der Waals surface area contributed by atoms with Crippen molar-refractivity contribution in [3.05, 3.63) is 28.8 Å². The Labute approximate surface area is 127 Å². The van der Waals surface area contributed by atoms with Crippen LogP contribution in [-0.4, -0.2) is 24.9 Å². The van der Waals surface area contributed by atoms with Gasteiger partial charge in [0, 0.05) is 16.9 Å². The number of nitrogens with one attached hydrogen (secondary N) is 1. The molecule has 0 saturated heterocycles. The zero-order valence-corrected chi connectivity index (χ0v) is 13.8. The van der Waals surface area contributed by atoms with Crippen molar-refractivity contribution in [2.45, 2.75) is 20.3 Å². The van der Waals surface area contributed by atoms with Crippen molar-refractivity contribution in [3.8, 4) is 5.75 Å². The van der Waals surface area contributed by atoms with Gasteiger partial charge in [-0.3, -0.25) is 4.79 Å². The van der Waals surface area contributed by atoms with E-state index in [1.807, 2.05) is 0 Å². The Kier molecular flexibility index (Phi) is 6.14. The third-order valence-corrected chi connectivity index (χ3v) is 3.54. The molecule has 0 spiro atoms. The second-order valence-electron chi connectivity index (χ2n) is 5.13. The van der Waals surface area contributed by atoms with Crippen molar-refractivity contribution in [2.75, 3.05) is 19.0 Å². The van der Waals surface area contributed by atoms with Gasteiger partial charge in [-0.25, -0.2) is 0 Å². The van der Waals surface area contributed by atoms with E-state index >= 15 is 0 Å². The van der Waals surface area contributed by atoms with Gasteiger partial charge < -0.3 is 10.1 Å². The van der Waals surface area contributed by atoms with Gasteiger partial charge in [-0.15, -0.1) is 0 Å². The number of halogens is 2. The summed E-state index contributed by atoms with van der Waals surface area (Å²) in [5, 5.41) is 4.36. The molecule has 0 radical (unpaired) electrons. The number of alkyl halides is 1. The number of benzene rings is 1. The topological polar surface area (TPSA) is 38.3 Å². The third kappa shape index (κ3) is 5.03. The molecule has 0 aliphatic rings. The summed E-state index contributed by atoms with van der Waals surface area (Å²) in [6.45, 7) is 4.83. The van der Waals surface area contributed by atoms with Gasteiger partial charge >= 0.3 is 0 Å². The molecule has 1 rings (SSSR count). The van der Waals surface area contributed by atoms with Crippen molar-refractivity contribution >= 4 is 33.4 Å². The molecule has 0 aliphatic carbocycles. The molecule has 1 aromatic carbocycles. The molecule has 0 atom stereocenters. The lowest BCUT2D eigenvalue weighted by Crippen LogP contribution is -2.34. The number of carbonyl (C=O) groups excluding carboxylic acids is 1. The SMILES string of the molecule is COc1ccc(Cl)cc1C(=O)NCC(C)(C)CCBr. The molecular weight excluding hydrogens is 330 g/mol. The minimum atomic E-state index is -0.165. The van der Waals surface area contributed by atoms with E-state index in [-0.39, 0.29) is 11.3 Å². The minimum absolute atomic E-state index is 0.0466. The number of carbonyl (C=O) groups is 1. The lowest BCUT2D eigenvalue weighted by molar-refractivity contribution is 0.0933. The van der Waals surface area contributed by atoms with E-state index in [1.54, 1.807) is 18.2 Å². The summed E-state index contributed by atoms with van der Waals surface area (Å²) >= 11 is 9.34. The molecule has 0 unspecified atom stereocenters. The Hall–Kier alpha value is -0.740. The lowest BCUT2D eigenvalue weighted by Gasteiger charge is -2.24. The molecule has 0 aromatic heterocycles. The Balaban J connectivity index is 2.76. The van der Waals surface area contributed by atoms with Crippen molar-refractivity contribution < 1.29 is 9.53 Å². The van der Waals surface area contributed by atoms with Gasteiger partial charge in [0.25, 0.3) is 5.91 Å². The molecule has 19 heavy (non-hydrogen) atoms. The fourth-order valence-corrected chi connectivity index (χ4v) is 2.86. The number of ether oxygens (including phenoxy) is 1. The summed E-state index contributed by atoms with van der Waals surface area (Å²) in [6, 6.07) is 5.01. The highest BCUT2D eigenvalue weighted by Crippen LogP contribution is 2.24. The van der Waals surface area contributed by atoms with Crippen LogP contribution in [-0.2, 0) is 0 Å². The van der Waals surface area contributed by atoms with Crippen molar-refractivity contribution in [1.29, 1.82) is 0 Å². The summed E-state index contributed by atoms with van der Waals surface area (Å²) in [7, 11) is 1.54. The van der Waals surface area contributed by atoms with Crippen LogP contribution in [0.5, 0.6) is 5.75 Å². The number of hydrogen-bond donors (Lipinski definition) is 1. The first-order chi connectivity index (χ1) is 8.89. The average molecular weight is 349 g/mol. The van der Waals surface area contributed by atoms with E-state index in [9.17, 15) is 4.79 Å². The number of hydrogen-bond acceptors (Lipinski definition) is 2. The normalized spacial score (nSPS) is 11.2. The standard InChI is InChI=1S/C14H19BrClNO2/c1-14(2,6-7-15)9-17-13(18)11-8-10(16)4-5-12(11)19-3/h4-5,8H,6-7,9H2,1-3H3,(H,17,18). The van der Waals surface area contributed by atoms with Crippen LogP contribution in [0.2, 0.25) is 5.02 Å². The Bertz CT molecular complexity index is 449. The van der Waals surface area contributed by atoms with Crippen molar-refractivity contribution in [3.63, 3.8) is 0 Å². The van der Waals surface area contributed by atoms with E-state index in [0.717, 1.165) is 11.8 Å². The molecule has 3 nitrogen and oxygen atoms in total. The fourth-order valence-electron chi connectivity index (χ4n) is 1.62. The van der Waals surface area contributed by atoms with Gasteiger partial charge in [-0.1, -0.05) is 41.4 Å². The number of amides is 1. The Morgan fingerprint density at radius 3 is 2.74 bits per heavy atom. The predicted octanol–water partition coefficient (Wildman–Crippen LogP) is 3.89. The first kappa shape index (κ1) is 16.3. The molecule has 0 bridgehead atoms. The van der Waals surface area contributed by atoms with E-state index in [2.05, 4.69) is 35.1 Å². The zero-order valence-electron chi connectivity index (χ0n) is 11.4. The quantitative estimate of drug-likeness (QED) is 0.792. The van der Waals surface area contributed by atoms with Crippen molar-refractivity contribution in [1.82, 2.24) is 5.32 Å². The van der Waals surface area contributed by atoms with Gasteiger partial charge in [0.2, 0.25) is 0 Å². The maximum absolute atomic E-state index is 12.2. The summed E-state index contributed by atoms with van der Waals surface area (Å²) in [5.41, 5.74) is 0.509. The van der Waals surface area contributed by atoms with E-state index in [4.69, 9.17) is 16.3 Å². The molecule has 0 fully saturated rings. The van der Waals surface area contributed by atoms with E-state index in [0.29, 0.717) is 22.9 Å². The fraction of sp³-hybridized carbons (Fsp3) is 0.500. The van der Waals surface area contributed by atoms with Crippen LogP contribution in [0.25, 0.3) is 0 Å². The average Bonchev–Trinajstić information content (AvgIpc) is 2.36. The largest absolute Gasteiger partial charge is 0.496 e. The van der Waals surface area contributed by atoms with Crippen LogP contribution in [0.4, 0.5) is 0 Å². The summed E-state index contributed by atoms with van der Waals surface area (Å²) < 4.78 is 5.17. The second-order valence-corrected chi connectivity index (χ2v) is 6.36. The van der Waals surface area contributed by atoms with Crippen LogP contribution in [0.3, 0.4) is 0 Å². The molecular formula is C14H19BrClNO2. The Morgan fingerprint density at radius 1 is 1.47 bits per heavy atom. The zero-order chi connectivity index (χ0) is 14.5. The van der Waals surface area contributed by atoms with Gasteiger partial charge in [0.1, 0.15) is 5.75 Å². The highest BCUT2D eigenvalue weighted by atomic mass is 79.9. The maximum atomic E-state index is 12.2. The molecule has 1 N–H and O–H groups in total. The monoisotopic (exact) mass is 347 g/mol. The first-order valence-electron chi connectivity index (χ1n) is 6.07. The molecule has 0 aliphatic heterocycles. The summed E-state index contributed by atoms with van der Waals surface area (Å²) in [6.07, 6.45) is 0.986. The van der Waals surface area contributed by atoms with Crippen LogP contribution in [0, 0.1) is 5.41 Å². The highest BCUT2D eigenvalue weighted by molar-refractivity contribution is 9.09. The summed E-state index contributed by atoms with van der Waals surface area (Å²) in [5.74, 6) is 0.363.